The molecule has 0 fully saturated rings. The summed E-state index contributed by atoms with van der Waals surface area (Å²) in [5.74, 6) is -2.60. The van der Waals surface area contributed by atoms with E-state index >= 15 is 0 Å². The summed E-state index contributed by atoms with van der Waals surface area (Å²) in [5, 5.41) is 14.8. The predicted molar refractivity (Wildman–Crippen MR) is 130 cm³/mol. The lowest BCUT2D eigenvalue weighted by Gasteiger charge is -2.26. The fraction of sp³-hybridized carbons (Fsp3) is 0.280. The van der Waals surface area contributed by atoms with Gasteiger partial charge in [-0.2, -0.15) is 13.2 Å². The van der Waals surface area contributed by atoms with Gasteiger partial charge in [-0.05, 0) is 42.0 Å². The van der Waals surface area contributed by atoms with Gasteiger partial charge in [0.2, 0.25) is 0 Å². The highest BCUT2D eigenvalue weighted by Crippen LogP contribution is 2.45. The van der Waals surface area contributed by atoms with Crippen LogP contribution < -0.4 is 25.0 Å². The molecule has 208 valence electrons. The first kappa shape index (κ1) is 27.9. The van der Waals surface area contributed by atoms with Gasteiger partial charge >= 0.3 is 18.4 Å². The third kappa shape index (κ3) is 7.03. The Labute approximate surface area is 219 Å². The highest BCUT2D eigenvalue weighted by atomic mass is 19.4. The van der Waals surface area contributed by atoms with Crippen molar-refractivity contribution in [1.29, 1.82) is 0 Å². The second-order valence-electron chi connectivity index (χ2n) is 8.12. The second-order valence-corrected chi connectivity index (χ2v) is 8.12. The maximum Gasteiger partial charge on any atom is 0.586 e. The van der Waals surface area contributed by atoms with Gasteiger partial charge in [0.25, 0.3) is 0 Å². The lowest BCUT2D eigenvalue weighted by molar-refractivity contribution is -0.286. The van der Waals surface area contributed by atoms with Crippen molar-refractivity contribution in [3.05, 3.63) is 66.4 Å². The van der Waals surface area contributed by atoms with Crippen LogP contribution in [0.25, 0.3) is 0 Å². The van der Waals surface area contributed by atoms with E-state index in [0.717, 1.165) is 23.8 Å². The topological polar surface area (TPSA) is 105 Å². The van der Waals surface area contributed by atoms with Gasteiger partial charge in [-0.15, -0.1) is 8.78 Å². The normalized spacial score (nSPS) is 13.7. The number of aromatic nitrogens is 1. The third-order valence-electron chi connectivity index (χ3n) is 5.33. The number of aliphatic hydroxyl groups is 1. The minimum atomic E-state index is -5.28. The summed E-state index contributed by atoms with van der Waals surface area (Å²) in [6, 6.07) is 12.1. The number of nitrogens with one attached hydrogen (secondary N) is 2. The molecule has 0 aliphatic carbocycles. The number of aliphatic hydroxyl groups excluding tert-OH is 1. The Balaban J connectivity index is 1.57. The molecule has 3 aromatic rings. The third-order valence-corrected chi connectivity index (χ3v) is 5.33. The summed E-state index contributed by atoms with van der Waals surface area (Å²) < 4.78 is 81.7. The molecule has 0 atom stereocenters. The zero-order chi connectivity index (χ0) is 28.0. The Morgan fingerprint density at radius 1 is 1.03 bits per heavy atom. The molecule has 0 spiro atoms. The van der Waals surface area contributed by atoms with E-state index in [1.807, 2.05) is 0 Å². The number of anilines is 4. The van der Waals surface area contributed by atoms with E-state index in [0.29, 0.717) is 23.9 Å². The number of hydrogen-bond acceptors (Lipinski definition) is 8. The van der Waals surface area contributed by atoms with Gasteiger partial charge in [0.1, 0.15) is 5.82 Å². The fourth-order valence-corrected chi connectivity index (χ4v) is 3.68. The molecular weight excluding hydrogens is 531 g/mol. The summed E-state index contributed by atoms with van der Waals surface area (Å²) in [7, 11) is 0. The lowest BCUT2D eigenvalue weighted by atomic mass is 10.1. The van der Waals surface area contributed by atoms with E-state index in [1.54, 1.807) is 24.4 Å². The summed E-state index contributed by atoms with van der Waals surface area (Å²) in [4.78, 5) is 17.1. The van der Waals surface area contributed by atoms with Crippen molar-refractivity contribution in [2.75, 3.05) is 41.9 Å². The Morgan fingerprint density at radius 3 is 2.56 bits per heavy atom. The van der Waals surface area contributed by atoms with Gasteiger partial charge in [0.05, 0.1) is 36.9 Å². The molecule has 1 amide bonds. The Hall–Kier alpha value is -4.17. The summed E-state index contributed by atoms with van der Waals surface area (Å²) in [6.45, 7) is 1.06. The molecule has 0 radical (unpaired) electrons. The molecule has 3 N–H and O–H groups in total. The molecule has 9 nitrogen and oxygen atoms in total. The number of rotatable bonds is 11. The first-order valence-corrected chi connectivity index (χ1v) is 11.6. The molecule has 14 heteroatoms. The lowest BCUT2D eigenvalue weighted by Crippen LogP contribution is -2.38. The highest BCUT2D eigenvalue weighted by molar-refractivity contribution is 6.06. The molecule has 1 aliphatic rings. The summed E-state index contributed by atoms with van der Waals surface area (Å²) in [6.07, 6.45) is -7.72. The molecule has 0 saturated heterocycles. The van der Waals surface area contributed by atoms with Crippen LogP contribution >= 0.6 is 0 Å². The Bertz CT molecular complexity index is 1310. The smallest absolute Gasteiger partial charge is 0.395 e. The van der Waals surface area contributed by atoms with Gasteiger partial charge in [-0.3, -0.25) is 9.69 Å². The number of fused-ring (bicyclic) bond motifs is 1. The van der Waals surface area contributed by atoms with Crippen LogP contribution in [0.3, 0.4) is 0 Å². The number of carbonyl (C=O) groups is 1. The maximum atomic E-state index is 13.6. The minimum absolute atomic E-state index is 0.0858. The molecule has 4 rings (SSSR count). The fourth-order valence-electron chi connectivity index (χ4n) is 3.68. The molecule has 0 unspecified atom stereocenters. The van der Waals surface area contributed by atoms with Crippen molar-refractivity contribution in [3.63, 3.8) is 0 Å². The number of pyridine rings is 1. The van der Waals surface area contributed by atoms with E-state index in [4.69, 9.17) is 9.84 Å². The van der Waals surface area contributed by atoms with Crippen LogP contribution in [0.1, 0.15) is 5.56 Å². The van der Waals surface area contributed by atoms with Crippen LogP contribution in [0.2, 0.25) is 0 Å². The van der Waals surface area contributed by atoms with Crippen molar-refractivity contribution in [1.82, 2.24) is 4.98 Å². The van der Waals surface area contributed by atoms with E-state index < -0.39 is 24.1 Å². The standard InChI is InChI=1S/C25H23F5N4O5/c26-24(27,28)23(36)34(17-5-6-20-21(14-17)39-25(29,30)38-20)19-4-2-1-3-18(19)33-15-16-7-8-31-22(13-16)32-9-11-37-12-10-35/h1-8,13-14,33,35H,9-12,15H2,(H,31,32). The Kier molecular flexibility index (Phi) is 8.35. The number of hydrogen-bond donors (Lipinski definition) is 3. The average Bonchev–Trinajstić information content (AvgIpc) is 3.21. The molecule has 2 aromatic carbocycles. The SMILES string of the molecule is O=C(N(c1ccc2c(c1)OC(F)(F)O2)c1ccccc1NCc1ccnc(NCCOCCO)c1)C(F)(F)F. The van der Waals surface area contributed by atoms with Crippen molar-refractivity contribution in [2.24, 2.45) is 0 Å². The van der Waals surface area contributed by atoms with E-state index in [2.05, 4.69) is 25.1 Å². The molecular formula is C25H23F5N4O5. The van der Waals surface area contributed by atoms with Crippen LogP contribution in [0, 0.1) is 0 Å². The minimum Gasteiger partial charge on any atom is -0.395 e. The monoisotopic (exact) mass is 554 g/mol. The highest BCUT2D eigenvalue weighted by Gasteiger charge is 2.46. The van der Waals surface area contributed by atoms with Gasteiger partial charge in [0.15, 0.2) is 11.5 Å². The van der Waals surface area contributed by atoms with Gasteiger partial charge in [0, 0.05) is 25.4 Å². The molecule has 39 heavy (non-hydrogen) atoms. The van der Waals surface area contributed by atoms with Crippen LogP contribution in [-0.2, 0) is 16.1 Å². The number of halogens is 5. The number of benzene rings is 2. The first-order valence-electron chi connectivity index (χ1n) is 11.6. The first-order chi connectivity index (χ1) is 18.6. The number of ether oxygens (including phenoxy) is 3. The Morgan fingerprint density at radius 2 is 1.79 bits per heavy atom. The van der Waals surface area contributed by atoms with Gasteiger partial charge in [-0.1, -0.05) is 12.1 Å². The summed E-state index contributed by atoms with van der Waals surface area (Å²) in [5.41, 5.74) is 0.365. The molecule has 0 saturated carbocycles. The molecule has 1 aliphatic heterocycles. The number of para-hydroxylation sites is 2. The number of nitrogens with zero attached hydrogens (tertiary/aromatic N) is 2. The number of carbonyl (C=O) groups excluding carboxylic acids is 1. The number of alkyl halides is 5. The average molecular weight is 554 g/mol. The quantitative estimate of drug-likeness (QED) is 0.232. The molecule has 1 aromatic heterocycles. The van der Waals surface area contributed by atoms with Crippen LogP contribution in [0.4, 0.5) is 44.8 Å². The van der Waals surface area contributed by atoms with Crippen molar-refractivity contribution >= 4 is 28.8 Å². The van der Waals surface area contributed by atoms with Crippen molar-refractivity contribution < 1.29 is 46.1 Å². The zero-order valence-corrected chi connectivity index (χ0v) is 20.2. The zero-order valence-electron chi connectivity index (χ0n) is 20.2. The van der Waals surface area contributed by atoms with Crippen LogP contribution in [0.5, 0.6) is 11.5 Å². The van der Waals surface area contributed by atoms with Crippen molar-refractivity contribution in [3.8, 4) is 11.5 Å². The summed E-state index contributed by atoms with van der Waals surface area (Å²) >= 11 is 0. The second kappa shape index (κ2) is 11.7. The maximum absolute atomic E-state index is 13.6. The van der Waals surface area contributed by atoms with Crippen molar-refractivity contribution in [2.45, 2.75) is 19.0 Å². The predicted octanol–water partition coefficient (Wildman–Crippen LogP) is 4.66. The molecule has 0 bridgehead atoms. The van der Waals surface area contributed by atoms with Crippen LogP contribution in [0.15, 0.2) is 60.8 Å². The van der Waals surface area contributed by atoms with Gasteiger partial charge < -0.3 is 30.0 Å². The van der Waals surface area contributed by atoms with E-state index in [1.165, 1.54) is 18.2 Å². The molecule has 2 heterocycles. The largest absolute Gasteiger partial charge is 0.586 e. The van der Waals surface area contributed by atoms with E-state index in [9.17, 15) is 26.7 Å². The van der Waals surface area contributed by atoms with Gasteiger partial charge in [-0.25, -0.2) is 4.98 Å². The number of amides is 1. The van der Waals surface area contributed by atoms with E-state index in [-0.39, 0.29) is 42.6 Å². The van der Waals surface area contributed by atoms with Crippen LogP contribution in [-0.4, -0.2) is 54.8 Å².